The Balaban J connectivity index is 1.94. The standard InChI is InChI=1S/C17H19N3O3/c1-17(2,3)23-16-10-4-13(5-11-16)12-18-19-14-6-8-15(9-7-14)20(21)22/h4-12,19H,1-3H3/b18-12+. The molecule has 0 fully saturated rings. The second-order valence-corrected chi connectivity index (χ2v) is 5.96. The van der Waals surface area contributed by atoms with Gasteiger partial charge in [-0.15, -0.1) is 0 Å². The summed E-state index contributed by atoms with van der Waals surface area (Å²) in [6.07, 6.45) is 1.67. The van der Waals surface area contributed by atoms with Crippen molar-refractivity contribution in [3.63, 3.8) is 0 Å². The molecule has 120 valence electrons. The summed E-state index contributed by atoms with van der Waals surface area (Å²) in [4.78, 5) is 10.1. The van der Waals surface area contributed by atoms with Gasteiger partial charge in [0.2, 0.25) is 0 Å². The fraction of sp³-hybridized carbons (Fsp3) is 0.235. The number of anilines is 1. The van der Waals surface area contributed by atoms with Crippen LogP contribution < -0.4 is 10.2 Å². The molecule has 0 radical (unpaired) electrons. The minimum atomic E-state index is -0.436. The summed E-state index contributed by atoms with van der Waals surface area (Å²) < 4.78 is 5.75. The molecule has 23 heavy (non-hydrogen) atoms. The van der Waals surface area contributed by atoms with Crippen LogP contribution in [0.1, 0.15) is 26.3 Å². The molecule has 6 nitrogen and oxygen atoms in total. The van der Waals surface area contributed by atoms with Crippen molar-refractivity contribution in [2.45, 2.75) is 26.4 Å². The lowest BCUT2D eigenvalue weighted by Crippen LogP contribution is -2.22. The second kappa shape index (κ2) is 6.91. The normalized spacial score (nSPS) is 11.4. The number of ether oxygens (including phenoxy) is 1. The molecule has 0 aliphatic heterocycles. The molecular weight excluding hydrogens is 294 g/mol. The molecule has 0 unspecified atom stereocenters. The first-order valence-corrected chi connectivity index (χ1v) is 7.16. The Morgan fingerprint density at radius 3 is 2.22 bits per heavy atom. The van der Waals surface area contributed by atoms with Crippen LogP contribution in [0.5, 0.6) is 5.75 Å². The van der Waals surface area contributed by atoms with Crippen LogP contribution in [0, 0.1) is 10.1 Å². The number of benzene rings is 2. The van der Waals surface area contributed by atoms with Gasteiger partial charge in [0, 0.05) is 12.1 Å². The third-order valence-electron chi connectivity index (χ3n) is 2.79. The summed E-state index contributed by atoms with van der Waals surface area (Å²) in [6.45, 7) is 5.99. The highest BCUT2D eigenvalue weighted by molar-refractivity contribution is 5.80. The number of rotatable bonds is 5. The van der Waals surface area contributed by atoms with Crippen LogP contribution in [0.2, 0.25) is 0 Å². The zero-order chi connectivity index (χ0) is 16.9. The zero-order valence-corrected chi connectivity index (χ0v) is 13.3. The number of hydrazone groups is 1. The number of hydrogen-bond acceptors (Lipinski definition) is 5. The summed E-state index contributed by atoms with van der Waals surface area (Å²) in [5.41, 5.74) is 4.25. The SMILES string of the molecule is CC(C)(C)Oc1ccc(/C=N/Nc2ccc([N+](=O)[O-])cc2)cc1. The summed E-state index contributed by atoms with van der Waals surface area (Å²) in [7, 11) is 0. The molecule has 0 spiro atoms. The Morgan fingerprint density at radius 2 is 1.70 bits per heavy atom. The van der Waals surface area contributed by atoms with Crippen LogP contribution in [-0.4, -0.2) is 16.7 Å². The number of nitrogens with one attached hydrogen (secondary N) is 1. The summed E-state index contributed by atoms with van der Waals surface area (Å²) >= 11 is 0. The maximum absolute atomic E-state index is 10.6. The number of nitrogens with zero attached hydrogens (tertiary/aromatic N) is 2. The molecule has 0 amide bonds. The highest BCUT2D eigenvalue weighted by Gasteiger charge is 2.11. The van der Waals surface area contributed by atoms with Crippen molar-refractivity contribution >= 4 is 17.6 Å². The molecule has 6 heteroatoms. The van der Waals surface area contributed by atoms with E-state index in [9.17, 15) is 10.1 Å². The maximum atomic E-state index is 10.6. The first-order valence-electron chi connectivity index (χ1n) is 7.16. The van der Waals surface area contributed by atoms with Crippen molar-refractivity contribution in [2.75, 3.05) is 5.43 Å². The van der Waals surface area contributed by atoms with E-state index in [-0.39, 0.29) is 11.3 Å². The summed E-state index contributed by atoms with van der Waals surface area (Å²) in [6, 6.07) is 13.7. The van der Waals surface area contributed by atoms with Gasteiger partial charge in [-0.2, -0.15) is 5.10 Å². The quantitative estimate of drug-likeness (QED) is 0.509. The van der Waals surface area contributed by atoms with Gasteiger partial charge in [0.15, 0.2) is 0 Å². The predicted octanol–water partition coefficient (Wildman–Crippen LogP) is 4.22. The summed E-state index contributed by atoms with van der Waals surface area (Å²) in [5, 5.41) is 14.7. The van der Waals surface area contributed by atoms with E-state index in [1.165, 1.54) is 12.1 Å². The van der Waals surface area contributed by atoms with Gasteiger partial charge in [-0.3, -0.25) is 15.5 Å². The smallest absolute Gasteiger partial charge is 0.269 e. The van der Waals surface area contributed by atoms with Crippen molar-refractivity contribution in [3.8, 4) is 5.75 Å². The number of nitro groups is 1. The van der Waals surface area contributed by atoms with Crippen molar-refractivity contribution in [2.24, 2.45) is 5.10 Å². The van der Waals surface area contributed by atoms with Gasteiger partial charge < -0.3 is 4.74 Å². The minimum absolute atomic E-state index is 0.0500. The van der Waals surface area contributed by atoms with Crippen molar-refractivity contribution in [1.29, 1.82) is 0 Å². The van der Waals surface area contributed by atoms with E-state index in [1.54, 1.807) is 18.3 Å². The van der Waals surface area contributed by atoms with Gasteiger partial charge in [-0.05, 0) is 62.7 Å². The molecule has 1 N–H and O–H groups in total. The molecule has 2 rings (SSSR count). The van der Waals surface area contributed by atoms with E-state index in [0.29, 0.717) is 5.69 Å². The Kier molecular flexibility index (Phi) is 4.95. The summed E-state index contributed by atoms with van der Waals surface area (Å²) in [5.74, 6) is 0.804. The minimum Gasteiger partial charge on any atom is -0.488 e. The topological polar surface area (TPSA) is 76.8 Å². The predicted molar refractivity (Wildman–Crippen MR) is 91.1 cm³/mol. The Bertz CT molecular complexity index is 687. The zero-order valence-electron chi connectivity index (χ0n) is 13.3. The lowest BCUT2D eigenvalue weighted by Gasteiger charge is -2.21. The Hall–Kier alpha value is -2.89. The molecule has 0 atom stereocenters. The van der Waals surface area contributed by atoms with Crippen LogP contribution in [0.3, 0.4) is 0 Å². The molecule has 0 aliphatic carbocycles. The molecule has 0 aromatic heterocycles. The van der Waals surface area contributed by atoms with Crippen LogP contribution >= 0.6 is 0 Å². The average molecular weight is 313 g/mol. The molecule has 2 aromatic rings. The average Bonchev–Trinajstić information content (AvgIpc) is 2.48. The fourth-order valence-electron chi connectivity index (χ4n) is 1.81. The molecular formula is C17H19N3O3. The lowest BCUT2D eigenvalue weighted by molar-refractivity contribution is -0.384. The highest BCUT2D eigenvalue weighted by atomic mass is 16.6. The van der Waals surface area contributed by atoms with Gasteiger partial charge in [0.25, 0.3) is 5.69 Å². The first-order chi connectivity index (χ1) is 10.8. The lowest BCUT2D eigenvalue weighted by atomic mass is 10.2. The van der Waals surface area contributed by atoms with E-state index < -0.39 is 4.92 Å². The van der Waals surface area contributed by atoms with E-state index in [4.69, 9.17) is 4.74 Å². The van der Waals surface area contributed by atoms with Gasteiger partial charge in [0.05, 0.1) is 16.8 Å². The third kappa shape index (κ3) is 5.43. The molecule has 0 heterocycles. The van der Waals surface area contributed by atoms with Crippen LogP contribution in [0.25, 0.3) is 0 Å². The number of non-ortho nitro benzene ring substituents is 1. The van der Waals surface area contributed by atoms with E-state index in [1.807, 2.05) is 45.0 Å². The third-order valence-corrected chi connectivity index (χ3v) is 2.79. The highest BCUT2D eigenvalue weighted by Crippen LogP contribution is 2.18. The van der Waals surface area contributed by atoms with Gasteiger partial charge in [0.1, 0.15) is 11.4 Å². The van der Waals surface area contributed by atoms with Gasteiger partial charge in [-0.25, -0.2) is 0 Å². The maximum Gasteiger partial charge on any atom is 0.269 e. The van der Waals surface area contributed by atoms with E-state index in [0.717, 1.165) is 11.3 Å². The van der Waals surface area contributed by atoms with Crippen LogP contribution in [0.15, 0.2) is 53.6 Å². The van der Waals surface area contributed by atoms with E-state index in [2.05, 4.69) is 10.5 Å². The van der Waals surface area contributed by atoms with Crippen molar-refractivity contribution in [3.05, 3.63) is 64.2 Å². The van der Waals surface area contributed by atoms with Gasteiger partial charge in [-0.1, -0.05) is 0 Å². The number of nitro benzene ring substituents is 1. The Morgan fingerprint density at radius 1 is 1.09 bits per heavy atom. The van der Waals surface area contributed by atoms with Crippen LogP contribution in [-0.2, 0) is 0 Å². The molecule has 0 saturated heterocycles. The second-order valence-electron chi connectivity index (χ2n) is 5.96. The van der Waals surface area contributed by atoms with Crippen molar-refractivity contribution in [1.82, 2.24) is 0 Å². The Labute approximate surface area is 134 Å². The number of hydrogen-bond donors (Lipinski definition) is 1. The molecule has 0 saturated carbocycles. The monoisotopic (exact) mass is 313 g/mol. The molecule has 2 aromatic carbocycles. The van der Waals surface area contributed by atoms with E-state index >= 15 is 0 Å². The molecule has 0 bridgehead atoms. The van der Waals surface area contributed by atoms with Gasteiger partial charge >= 0.3 is 0 Å². The molecule has 0 aliphatic rings. The largest absolute Gasteiger partial charge is 0.488 e. The van der Waals surface area contributed by atoms with Crippen molar-refractivity contribution < 1.29 is 9.66 Å². The first kappa shape index (κ1) is 16.5. The fourth-order valence-corrected chi connectivity index (χ4v) is 1.81. The van der Waals surface area contributed by atoms with Crippen LogP contribution in [0.4, 0.5) is 11.4 Å².